The van der Waals surface area contributed by atoms with Gasteiger partial charge in [0.25, 0.3) is 0 Å². The lowest BCUT2D eigenvalue weighted by Crippen LogP contribution is -2.57. The lowest BCUT2D eigenvalue weighted by Gasteiger charge is -2.59. The molecular formula is C23H33N5O2S. The number of carbonyl (C=O) groups is 2. The summed E-state index contributed by atoms with van der Waals surface area (Å²) in [6, 6.07) is 0.0643. The van der Waals surface area contributed by atoms with Crippen molar-refractivity contribution in [2.45, 2.75) is 83.2 Å². The summed E-state index contributed by atoms with van der Waals surface area (Å²) in [6.45, 7) is 3.80. The number of rotatable bonds is 5. The second-order valence-electron chi connectivity index (χ2n) is 10.9. The third-order valence-electron chi connectivity index (χ3n) is 8.87. The van der Waals surface area contributed by atoms with E-state index in [2.05, 4.69) is 27.3 Å². The molecule has 7 rings (SSSR count). The minimum Gasteiger partial charge on any atom is -0.351 e. The average molecular weight is 444 g/mol. The molecule has 31 heavy (non-hydrogen) atoms. The van der Waals surface area contributed by atoms with E-state index in [-0.39, 0.29) is 23.9 Å². The highest BCUT2D eigenvalue weighted by Crippen LogP contribution is 2.61. The van der Waals surface area contributed by atoms with Gasteiger partial charge < -0.3 is 10.2 Å². The number of amides is 2. The Morgan fingerprint density at radius 2 is 1.74 bits per heavy atom. The Hall–Kier alpha value is -1.70. The van der Waals surface area contributed by atoms with Crippen LogP contribution >= 0.6 is 11.3 Å². The molecule has 8 heteroatoms. The van der Waals surface area contributed by atoms with E-state index in [0.717, 1.165) is 55.2 Å². The van der Waals surface area contributed by atoms with Gasteiger partial charge in [0.1, 0.15) is 6.04 Å². The van der Waals surface area contributed by atoms with Gasteiger partial charge in [-0.1, -0.05) is 11.3 Å². The van der Waals surface area contributed by atoms with Gasteiger partial charge in [-0.3, -0.25) is 14.5 Å². The molecule has 2 aliphatic heterocycles. The second-order valence-corrected chi connectivity index (χ2v) is 11.8. The minimum atomic E-state index is -0.175. The molecule has 3 heterocycles. The van der Waals surface area contributed by atoms with Gasteiger partial charge in [0.15, 0.2) is 0 Å². The van der Waals surface area contributed by atoms with E-state index in [1.54, 1.807) is 4.90 Å². The van der Waals surface area contributed by atoms with Crippen molar-refractivity contribution in [3.05, 3.63) is 0 Å². The maximum atomic E-state index is 13.4. The summed E-state index contributed by atoms with van der Waals surface area (Å²) in [4.78, 5) is 29.3. The standard InChI is InChI=1S/C23H33N5O2S/c1-14(23-11-15-8-16(12-23)10-17(9-15)13-23)24-20(30)18-4-2-6-27(18)21-25-26-22(31-21)28-7-3-5-19(28)29/h14-18H,2-13H2,1H3,(H,24,30). The maximum Gasteiger partial charge on any atom is 0.243 e. The molecule has 7 nitrogen and oxygen atoms in total. The molecule has 4 bridgehead atoms. The van der Waals surface area contributed by atoms with Crippen LogP contribution < -0.4 is 15.1 Å². The molecule has 6 fully saturated rings. The van der Waals surface area contributed by atoms with Gasteiger partial charge in [-0.2, -0.15) is 0 Å². The number of hydrogen-bond donors (Lipinski definition) is 1. The van der Waals surface area contributed by atoms with Crippen LogP contribution in [0.15, 0.2) is 0 Å². The van der Waals surface area contributed by atoms with E-state index in [1.807, 2.05) is 0 Å². The normalized spacial score (nSPS) is 37.6. The van der Waals surface area contributed by atoms with Crippen molar-refractivity contribution >= 4 is 33.4 Å². The molecule has 0 aromatic carbocycles. The summed E-state index contributed by atoms with van der Waals surface area (Å²) in [6.07, 6.45) is 11.5. The average Bonchev–Trinajstić information content (AvgIpc) is 3.46. The summed E-state index contributed by atoms with van der Waals surface area (Å²) >= 11 is 1.45. The van der Waals surface area contributed by atoms with E-state index in [0.29, 0.717) is 17.0 Å². The second kappa shape index (κ2) is 7.42. The molecule has 0 radical (unpaired) electrons. The van der Waals surface area contributed by atoms with E-state index in [9.17, 15) is 9.59 Å². The number of carbonyl (C=O) groups excluding carboxylic acids is 2. The highest BCUT2D eigenvalue weighted by molar-refractivity contribution is 7.19. The summed E-state index contributed by atoms with van der Waals surface area (Å²) in [5.74, 6) is 2.95. The predicted molar refractivity (Wildman–Crippen MR) is 120 cm³/mol. The van der Waals surface area contributed by atoms with Gasteiger partial charge in [-0.25, -0.2) is 0 Å². The zero-order valence-electron chi connectivity index (χ0n) is 18.4. The predicted octanol–water partition coefficient (Wildman–Crippen LogP) is 3.35. The first-order chi connectivity index (χ1) is 15.0. The Morgan fingerprint density at radius 1 is 1.06 bits per heavy atom. The minimum absolute atomic E-state index is 0.128. The van der Waals surface area contributed by atoms with Crippen LogP contribution in [0.1, 0.15) is 71.1 Å². The lowest BCUT2D eigenvalue weighted by molar-refractivity contribution is -0.127. The molecule has 1 aromatic rings. The number of nitrogens with one attached hydrogen (secondary N) is 1. The SMILES string of the molecule is CC(NC(=O)C1CCCN1c1nnc(N2CCCC2=O)s1)C12CC3CC(CC(C3)C1)C2. The van der Waals surface area contributed by atoms with Gasteiger partial charge >= 0.3 is 0 Å². The number of aromatic nitrogens is 2. The Labute approximate surface area is 188 Å². The Balaban J connectivity index is 1.15. The van der Waals surface area contributed by atoms with Crippen molar-refractivity contribution in [3.63, 3.8) is 0 Å². The fraction of sp³-hybridized carbons (Fsp3) is 0.826. The topological polar surface area (TPSA) is 78.4 Å². The molecule has 0 spiro atoms. The molecule has 1 aromatic heterocycles. The first-order valence-corrected chi connectivity index (χ1v) is 13.0. The van der Waals surface area contributed by atoms with Crippen LogP contribution in [0.3, 0.4) is 0 Å². The van der Waals surface area contributed by atoms with Gasteiger partial charge in [0.05, 0.1) is 0 Å². The zero-order valence-corrected chi connectivity index (χ0v) is 19.2. The lowest BCUT2D eigenvalue weighted by atomic mass is 9.48. The van der Waals surface area contributed by atoms with E-state index < -0.39 is 0 Å². The molecule has 168 valence electrons. The van der Waals surface area contributed by atoms with Crippen LogP contribution in [0.5, 0.6) is 0 Å². The summed E-state index contributed by atoms with van der Waals surface area (Å²) in [5.41, 5.74) is 0.319. The van der Waals surface area contributed by atoms with Crippen molar-refractivity contribution in [3.8, 4) is 0 Å². The molecule has 2 atom stereocenters. The molecule has 4 saturated carbocycles. The molecule has 4 aliphatic carbocycles. The Bertz CT molecular complexity index is 850. The first kappa shape index (κ1) is 19.9. The van der Waals surface area contributed by atoms with Crippen molar-refractivity contribution in [2.75, 3.05) is 22.9 Å². The molecule has 1 N–H and O–H groups in total. The zero-order chi connectivity index (χ0) is 21.2. The Kier molecular flexibility index (Phi) is 4.78. The molecule has 2 unspecified atom stereocenters. The van der Waals surface area contributed by atoms with Crippen molar-refractivity contribution < 1.29 is 9.59 Å². The quantitative estimate of drug-likeness (QED) is 0.755. The third-order valence-corrected chi connectivity index (χ3v) is 9.86. The highest BCUT2D eigenvalue weighted by Gasteiger charge is 2.53. The first-order valence-electron chi connectivity index (χ1n) is 12.2. The molecular weight excluding hydrogens is 410 g/mol. The van der Waals surface area contributed by atoms with Crippen LogP contribution in [0.4, 0.5) is 10.3 Å². The molecule has 6 aliphatic rings. The fourth-order valence-corrected chi connectivity index (χ4v) is 8.69. The van der Waals surface area contributed by atoms with Crippen molar-refractivity contribution in [1.29, 1.82) is 0 Å². The number of hydrogen-bond acceptors (Lipinski definition) is 6. The van der Waals surface area contributed by atoms with Crippen molar-refractivity contribution in [1.82, 2.24) is 15.5 Å². The fourth-order valence-electron chi connectivity index (χ4n) is 7.72. The smallest absolute Gasteiger partial charge is 0.243 e. The Morgan fingerprint density at radius 3 is 2.39 bits per heavy atom. The van der Waals surface area contributed by atoms with Crippen LogP contribution in [0.2, 0.25) is 0 Å². The molecule has 2 amide bonds. The number of nitrogens with zero attached hydrogens (tertiary/aromatic N) is 4. The summed E-state index contributed by atoms with van der Waals surface area (Å²) in [5, 5.41) is 13.5. The summed E-state index contributed by atoms with van der Waals surface area (Å²) in [7, 11) is 0. The largest absolute Gasteiger partial charge is 0.351 e. The van der Waals surface area contributed by atoms with Gasteiger partial charge in [-0.15, -0.1) is 10.2 Å². The van der Waals surface area contributed by atoms with E-state index >= 15 is 0 Å². The van der Waals surface area contributed by atoms with Gasteiger partial charge in [0, 0.05) is 25.6 Å². The van der Waals surface area contributed by atoms with Crippen LogP contribution in [0.25, 0.3) is 0 Å². The number of anilines is 2. The maximum absolute atomic E-state index is 13.4. The monoisotopic (exact) mass is 443 g/mol. The van der Waals surface area contributed by atoms with Gasteiger partial charge in [-0.05, 0) is 87.9 Å². The van der Waals surface area contributed by atoms with Crippen LogP contribution in [-0.4, -0.2) is 47.2 Å². The highest BCUT2D eigenvalue weighted by atomic mass is 32.1. The van der Waals surface area contributed by atoms with E-state index in [1.165, 1.54) is 49.9 Å². The van der Waals surface area contributed by atoms with Crippen LogP contribution in [0, 0.1) is 23.2 Å². The molecule has 2 saturated heterocycles. The summed E-state index contributed by atoms with van der Waals surface area (Å²) < 4.78 is 0. The van der Waals surface area contributed by atoms with Gasteiger partial charge in [0.2, 0.25) is 22.1 Å². The van der Waals surface area contributed by atoms with E-state index in [4.69, 9.17) is 0 Å². The van der Waals surface area contributed by atoms with Crippen LogP contribution in [-0.2, 0) is 9.59 Å². The van der Waals surface area contributed by atoms with Crippen molar-refractivity contribution in [2.24, 2.45) is 23.2 Å². The third kappa shape index (κ3) is 3.36.